The third-order valence-electron chi connectivity index (χ3n) is 4.29. The molecule has 0 aliphatic heterocycles. The molecule has 2 aromatic carbocycles. The summed E-state index contributed by atoms with van der Waals surface area (Å²) in [4.78, 5) is -1.37. The van der Waals surface area contributed by atoms with E-state index < -0.39 is 61.9 Å². The first-order valence-corrected chi connectivity index (χ1v) is 9.98. The van der Waals surface area contributed by atoms with Crippen molar-refractivity contribution in [2.75, 3.05) is 0 Å². The number of nitrogens with zero attached hydrogens (tertiary/aromatic N) is 1. The van der Waals surface area contributed by atoms with E-state index in [2.05, 4.69) is 10.2 Å². The smallest absolute Gasteiger partial charge is 0.456 e. The third kappa shape index (κ3) is 4.46. The molecule has 2 N–H and O–H groups in total. The van der Waals surface area contributed by atoms with Gasteiger partial charge in [-0.05, 0) is 25.1 Å². The average molecular weight is 468 g/mol. The SMILES string of the molecule is CC(F)(F)Cc1c(Oc2cc(F)cc3[nH]ncc23)ccc(S(=O)(=O)C(F)(F)F)c1CO. The van der Waals surface area contributed by atoms with Crippen LogP contribution < -0.4 is 4.74 Å². The quantitative estimate of drug-likeness (QED) is 0.521. The highest BCUT2D eigenvalue weighted by Gasteiger charge is 2.48. The topological polar surface area (TPSA) is 92.3 Å². The standard InChI is InChI=1S/C18H14F6N2O4S/c1-17(20,21)6-10-12(8-27)16(31(28,29)18(22,23)24)3-2-14(10)30-15-5-9(19)4-13-11(15)7-25-26-13/h2-5,7,27H,6,8H2,1H3,(H,25,26). The lowest BCUT2D eigenvalue weighted by Gasteiger charge is -2.21. The van der Waals surface area contributed by atoms with Crippen molar-refractivity contribution in [2.45, 2.75) is 36.3 Å². The van der Waals surface area contributed by atoms with Crippen molar-refractivity contribution in [2.24, 2.45) is 0 Å². The molecular weight excluding hydrogens is 454 g/mol. The van der Waals surface area contributed by atoms with Gasteiger partial charge in [-0.3, -0.25) is 5.10 Å². The number of aromatic amines is 1. The maximum Gasteiger partial charge on any atom is 0.501 e. The molecule has 0 fully saturated rings. The van der Waals surface area contributed by atoms with Gasteiger partial charge >= 0.3 is 5.51 Å². The van der Waals surface area contributed by atoms with Crippen molar-refractivity contribution in [1.82, 2.24) is 10.2 Å². The number of fused-ring (bicyclic) bond motifs is 1. The number of alkyl halides is 5. The molecule has 1 heterocycles. The van der Waals surface area contributed by atoms with E-state index in [0.29, 0.717) is 13.0 Å². The lowest BCUT2D eigenvalue weighted by molar-refractivity contribution is -0.0436. The van der Waals surface area contributed by atoms with Gasteiger partial charge in [0.1, 0.15) is 17.3 Å². The van der Waals surface area contributed by atoms with Crippen LogP contribution >= 0.6 is 0 Å². The van der Waals surface area contributed by atoms with E-state index in [0.717, 1.165) is 18.2 Å². The summed E-state index contributed by atoms with van der Waals surface area (Å²) in [5, 5.41) is 16.0. The Kier molecular flexibility index (Phi) is 5.69. The van der Waals surface area contributed by atoms with Crippen molar-refractivity contribution >= 4 is 20.7 Å². The molecule has 0 spiro atoms. The van der Waals surface area contributed by atoms with E-state index in [4.69, 9.17) is 4.74 Å². The summed E-state index contributed by atoms with van der Waals surface area (Å²) in [7, 11) is -5.95. The second-order valence-electron chi connectivity index (χ2n) is 6.71. The van der Waals surface area contributed by atoms with Crippen molar-refractivity contribution in [3.8, 4) is 11.5 Å². The van der Waals surface area contributed by atoms with Gasteiger partial charge in [-0.15, -0.1) is 0 Å². The van der Waals surface area contributed by atoms with Crippen LogP contribution in [0.3, 0.4) is 0 Å². The second-order valence-corrected chi connectivity index (χ2v) is 8.62. The molecule has 3 aromatic rings. The highest BCUT2D eigenvalue weighted by molar-refractivity contribution is 7.92. The van der Waals surface area contributed by atoms with Crippen LogP contribution in [0.2, 0.25) is 0 Å². The van der Waals surface area contributed by atoms with Crippen LogP contribution in [0.1, 0.15) is 18.1 Å². The summed E-state index contributed by atoms with van der Waals surface area (Å²) in [6.07, 6.45) is -0.00305. The Hall–Kier alpha value is -2.80. The zero-order valence-electron chi connectivity index (χ0n) is 15.6. The number of aliphatic hydroxyl groups is 1. The van der Waals surface area contributed by atoms with E-state index >= 15 is 0 Å². The molecule has 31 heavy (non-hydrogen) atoms. The third-order valence-corrected chi connectivity index (χ3v) is 5.86. The fourth-order valence-electron chi connectivity index (χ4n) is 2.99. The molecule has 168 valence electrons. The Morgan fingerprint density at radius 2 is 1.77 bits per heavy atom. The summed E-state index contributed by atoms with van der Waals surface area (Å²) in [6, 6.07) is 3.21. The number of benzene rings is 2. The highest BCUT2D eigenvalue weighted by Crippen LogP contribution is 2.40. The van der Waals surface area contributed by atoms with E-state index in [9.17, 15) is 39.9 Å². The zero-order valence-corrected chi connectivity index (χ0v) is 16.4. The van der Waals surface area contributed by atoms with Gasteiger partial charge in [0.25, 0.3) is 9.84 Å². The number of nitrogens with one attached hydrogen (secondary N) is 1. The van der Waals surface area contributed by atoms with Gasteiger partial charge in [0.2, 0.25) is 5.92 Å². The van der Waals surface area contributed by atoms with Crippen LogP contribution in [0.15, 0.2) is 35.4 Å². The summed E-state index contributed by atoms with van der Waals surface area (Å²) in [5.74, 6) is -4.97. The molecule has 0 unspecified atom stereocenters. The molecule has 0 amide bonds. The van der Waals surface area contributed by atoms with Crippen molar-refractivity contribution in [3.05, 3.63) is 47.4 Å². The second kappa shape index (κ2) is 7.71. The lowest BCUT2D eigenvalue weighted by Crippen LogP contribution is -2.26. The van der Waals surface area contributed by atoms with Gasteiger partial charge in [0.15, 0.2) is 0 Å². The summed E-state index contributed by atoms with van der Waals surface area (Å²) < 4.78 is 110. The number of halogens is 6. The van der Waals surface area contributed by atoms with Crippen LogP contribution in [0.5, 0.6) is 11.5 Å². The number of sulfone groups is 1. The first-order chi connectivity index (χ1) is 14.2. The van der Waals surface area contributed by atoms with Gasteiger partial charge in [-0.25, -0.2) is 21.6 Å². The summed E-state index contributed by atoms with van der Waals surface area (Å²) >= 11 is 0. The number of H-pyrrole nitrogens is 1. The number of hydrogen-bond acceptors (Lipinski definition) is 5. The minimum absolute atomic E-state index is 0.191. The molecule has 0 saturated heterocycles. The summed E-state index contributed by atoms with van der Waals surface area (Å²) in [5.41, 5.74) is -7.09. The van der Waals surface area contributed by atoms with E-state index in [1.807, 2.05) is 0 Å². The first kappa shape index (κ1) is 22.9. The molecule has 0 radical (unpaired) electrons. The Morgan fingerprint density at radius 3 is 2.35 bits per heavy atom. The molecular formula is C18H14F6N2O4S. The van der Waals surface area contributed by atoms with E-state index in [-0.39, 0.29) is 16.7 Å². The molecule has 0 aliphatic carbocycles. The Morgan fingerprint density at radius 1 is 1.10 bits per heavy atom. The minimum Gasteiger partial charge on any atom is -0.456 e. The van der Waals surface area contributed by atoms with Gasteiger partial charge in [0, 0.05) is 23.6 Å². The van der Waals surface area contributed by atoms with Gasteiger partial charge < -0.3 is 9.84 Å². The number of rotatable bonds is 6. The van der Waals surface area contributed by atoms with Crippen molar-refractivity contribution in [3.63, 3.8) is 0 Å². The predicted molar refractivity (Wildman–Crippen MR) is 96.1 cm³/mol. The summed E-state index contributed by atoms with van der Waals surface area (Å²) in [6.45, 7) is -0.836. The van der Waals surface area contributed by atoms with Gasteiger partial charge in [-0.1, -0.05) is 0 Å². The highest BCUT2D eigenvalue weighted by atomic mass is 32.2. The largest absolute Gasteiger partial charge is 0.501 e. The minimum atomic E-state index is -5.95. The van der Waals surface area contributed by atoms with Gasteiger partial charge in [-0.2, -0.15) is 18.3 Å². The van der Waals surface area contributed by atoms with Crippen molar-refractivity contribution in [1.29, 1.82) is 0 Å². The number of aromatic nitrogens is 2. The fraction of sp³-hybridized carbons (Fsp3) is 0.278. The molecule has 3 rings (SSSR count). The van der Waals surface area contributed by atoms with Crippen LogP contribution in [0, 0.1) is 5.82 Å². The van der Waals surface area contributed by atoms with Crippen molar-refractivity contribution < 1.29 is 44.6 Å². The molecule has 0 atom stereocenters. The first-order valence-electron chi connectivity index (χ1n) is 8.50. The van der Waals surface area contributed by atoms with Crippen LogP contribution in [0.25, 0.3) is 10.9 Å². The molecule has 1 aromatic heterocycles. The number of ether oxygens (including phenoxy) is 1. The molecule has 13 heteroatoms. The molecule has 6 nitrogen and oxygen atoms in total. The number of hydrogen-bond donors (Lipinski definition) is 2. The zero-order chi connectivity index (χ0) is 23.2. The monoisotopic (exact) mass is 468 g/mol. The van der Waals surface area contributed by atoms with E-state index in [1.165, 1.54) is 6.20 Å². The normalized spacial score (nSPS) is 13.0. The number of aliphatic hydroxyl groups excluding tert-OH is 1. The lowest BCUT2D eigenvalue weighted by atomic mass is 10.0. The Bertz CT molecular complexity index is 1230. The Balaban J connectivity index is 2.24. The van der Waals surface area contributed by atoms with Crippen LogP contribution in [-0.4, -0.2) is 35.2 Å². The maximum absolute atomic E-state index is 13.9. The van der Waals surface area contributed by atoms with Crippen LogP contribution in [0.4, 0.5) is 26.3 Å². The van der Waals surface area contributed by atoms with Crippen LogP contribution in [-0.2, 0) is 22.9 Å². The fourth-order valence-corrected chi connectivity index (χ4v) is 4.00. The Labute approximate surface area is 171 Å². The van der Waals surface area contributed by atoms with E-state index in [1.54, 1.807) is 0 Å². The molecule has 0 saturated carbocycles. The molecule has 0 bridgehead atoms. The van der Waals surface area contributed by atoms with Gasteiger partial charge in [0.05, 0.1) is 28.6 Å². The average Bonchev–Trinajstić information content (AvgIpc) is 3.09. The molecule has 0 aliphatic rings. The predicted octanol–water partition coefficient (Wildman–Crippen LogP) is 4.48. The maximum atomic E-state index is 13.9.